The Hall–Kier alpha value is -4.30. The van der Waals surface area contributed by atoms with E-state index in [9.17, 15) is 22.4 Å². The number of furan rings is 1. The number of sulfonamides is 1. The Bertz CT molecular complexity index is 1820. The Morgan fingerprint density at radius 2 is 1.78 bits per heavy atom. The fourth-order valence-electron chi connectivity index (χ4n) is 5.09. The Balaban J connectivity index is 1.18. The van der Waals surface area contributed by atoms with Crippen molar-refractivity contribution in [3.8, 4) is 11.3 Å². The quantitative estimate of drug-likeness (QED) is 0.109. The smallest absolute Gasteiger partial charge is 0.337 e. The highest BCUT2D eigenvalue weighted by Gasteiger charge is 2.31. The zero-order chi connectivity index (χ0) is 32.1. The van der Waals surface area contributed by atoms with Gasteiger partial charge in [0.15, 0.2) is 0 Å². The molecule has 0 unspecified atom stereocenters. The lowest BCUT2D eigenvalue weighted by Gasteiger charge is -2.12. The number of carboxylic acids is 1. The van der Waals surface area contributed by atoms with Gasteiger partial charge in [0, 0.05) is 30.2 Å². The van der Waals surface area contributed by atoms with Gasteiger partial charge in [-0.1, -0.05) is 6.07 Å². The fourth-order valence-corrected chi connectivity index (χ4v) is 6.24. The number of nitrogens with one attached hydrogen (secondary N) is 2. The average molecular weight is 640 g/mol. The molecule has 5 rings (SSSR count). The van der Waals surface area contributed by atoms with Crippen molar-refractivity contribution in [3.05, 3.63) is 88.2 Å². The third-order valence-corrected chi connectivity index (χ3v) is 8.76. The van der Waals surface area contributed by atoms with E-state index >= 15 is 0 Å². The molecule has 0 aliphatic heterocycles. The van der Waals surface area contributed by atoms with E-state index in [1.807, 2.05) is 6.07 Å². The van der Waals surface area contributed by atoms with Crippen LogP contribution in [0.2, 0.25) is 0 Å². The first-order valence-corrected chi connectivity index (χ1v) is 16.0. The number of aromatic carboxylic acids is 1. The summed E-state index contributed by atoms with van der Waals surface area (Å²) in [5, 5.41) is 12.3. The van der Waals surface area contributed by atoms with Gasteiger partial charge in [-0.3, -0.25) is 4.79 Å². The number of halogens is 1. The average Bonchev–Trinajstić information content (AvgIpc) is 3.78. The largest absolute Gasteiger partial charge is 0.478 e. The summed E-state index contributed by atoms with van der Waals surface area (Å²) >= 11 is 0. The Labute approximate surface area is 259 Å². The predicted octanol–water partition coefficient (Wildman–Crippen LogP) is 4.41. The molecule has 3 aromatic carbocycles. The van der Waals surface area contributed by atoms with Gasteiger partial charge >= 0.3 is 5.97 Å². The molecular weight excluding hydrogens is 605 g/mol. The van der Waals surface area contributed by atoms with Crippen LogP contribution in [0.1, 0.15) is 56.2 Å². The van der Waals surface area contributed by atoms with Gasteiger partial charge in [0.1, 0.15) is 17.2 Å². The van der Waals surface area contributed by atoms with Crippen molar-refractivity contribution in [3.63, 3.8) is 0 Å². The monoisotopic (exact) mass is 639 g/mol. The van der Waals surface area contributed by atoms with Crippen LogP contribution < -0.4 is 15.8 Å². The minimum atomic E-state index is -3.74. The first-order valence-electron chi connectivity index (χ1n) is 14.4. The molecule has 1 heterocycles. The molecule has 1 aliphatic carbocycles. The first-order chi connectivity index (χ1) is 21.6. The van der Waals surface area contributed by atoms with E-state index in [2.05, 4.69) is 10.0 Å². The maximum absolute atomic E-state index is 13.6. The zero-order valence-corrected chi connectivity index (χ0v) is 25.4. The normalized spacial score (nSPS) is 13.3. The molecule has 0 spiro atoms. The highest BCUT2D eigenvalue weighted by Crippen LogP contribution is 2.45. The van der Waals surface area contributed by atoms with E-state index in [1.54, 1.807) is 18.2 Å². The van der Waals surface area contributed by atoms with Crippen LogP contribution in [0.5, 0.6) is 0 Å². The lowest BCUT2D eigenvalue weighted by Crippen LogP contribution is -2.29. The molecule has 1 aliphatic rings. The summed E-state index contributed by atoms with van der Waals surface area (Å²) in [6.45, 7) is 0.896. The Morgan fingerprint density at radius 1 is 1.04 bits per heavy atom. The van der Waals surface area contributed by atoms with E-state index in [0.717, 1.165) is 24.0 Å². The molecule has 1 amide bonds. The Morgan fingerprint density at radius 3 is 2.44 bits per heavy atom. The van der Waals surface area contributed by atoms with Crippen LogP contribution >= 0.6 is 0 Å². The molecule has 11 nitrogen and oxygen atoms in total. The van der Waals surface area contributed by atoms with Gasteiger partial charge in [0.2, 0.25) is 10.0 Å². The number of ether oxygens (including phenoxy) is 2. The summed E-state index contributed by atoms with van der Waals surface area (Å²) < 4.78 is 59.3. The number of benzene rings is 3. The summed E-state index contributed by atoms with van der Waals surface area (Å²) in [6.07, 6.45) is 1.84. The third kappa shape index (κ3) is 7.87. The predicted molar refractivity (Wildman–Crippen MR) is 166 cm³/mol. The minimum Gasteiger partial charge on any atom is -0.478 e. The van der Waals surface area contributed by atoms with Crippen LogP contribution in [-0.2, 0) is 31.9 Å². The molecule has 0 bridgehead atoms. The van der Waals surface area contributed by atoms with Crippen molar-refractivity contribution >= 4 is 38.6 Å². The van der Waals surface area contributed by atoms with Crippen molar-refractivity contribution in [1.82, 2.24) is 10.0 Å². The van der Waals surface area contributed by atoms with Crippen LogP contribution in [0.25, 0.3) is 22.3 Å². The van der Waals surface area contributed by atoms with Crippen molar-refractivity contribution in [2.24, 2.45) is 0 Å². The minimum absolute atomic E-state index is 0.0287. The lowest BCUT2D eigenvalue weighted by atomic mass is 9.98. The second-order valence-corrected chi connectivity index (χ2v) is 12.6. The van der Waals surface area contributed by atoms with E-state index in [4.69, 9.17) is 24.7 Å². The van der Waals surface area contributed by atoms with Crippen LogP contribution in [0.15, 0.2) is 59.0 Å². The summed E-state index contributed by atoms with van der Waals surface area (Å²) in [5.41, 5.74) is 9.31. The van der Waals surface area contributed by atoms with E-state index < -0.39 is 21.8 Å². The fraction of sp³-hybridized carbons (Fsp3) is 0.312. The second kappa shape index (κ2) is 13.8. The van der Waals surface area contributed by atoms with Crippen molar-refractivity contribution < 1.29 is 41.4 Å². The molecule has 238 valence electrons. The lowest BCUT2D eigenvalue weighted by molar-refractivity contribution is 0.0426. The molecule has 45 heavy (non-hydrogen) atoms. The number of hydrogen-bond acceptors (Lipinski definition) is 8. The molecule has 5 N–H and O–H groups in total. The first kappa shape index (κ1) is 32.1. The van der Waals surface area contributed by atoms with Gasteiger partial charge in [-0.2, -0.15) is 0 Å². The molecule has 0 saturated heterocycles. The van der Waals surface area contributed by atoms with Gasteiger partial charge in [-0.15, -0.1) is 0 Å². The summed E-state index contributed by atoms with van der Waals surface area (Å²) in [5.74, 6) is -1.68. The second-order valence-electron chi connectivity index (χ2n) is 10.8. The van der Waals surface area contributed by atoms with Crippen LogP contribution in [-0.4, -0.2) is 58.8 Å². The van der Waals surface area contributed by atoms with E-state index in [0.29, 0.717) is 27.7 Å². The molecule has 4 aromatic rings. The molecule has 13 heteroatoms. The number of carbonyl (C=O) groups is 2. The molecule has 0 radical (unpaired) electrons. The number of carboxylic acid groups (broad SMARTS) is 1. The van der Waals surface area contributed by atoms with Crippen molar-refractivity contribution in [1.29, 1.82) is 0 Å². The van der Waals surface area contributed by atoms with Gasteiger partial charge in [-0.25, -0.2) is 22.3 Å². The molecule has 1 aromatic heterocycles. The summed E-state index contributed by atoms with van der Waals surface area (Å²) in [6, 6.07) is 13.7. The van der Waals surface area contributed by atoms with Gasteiger partial charge < -0.3 is 30.0 Å². The SMILES string of the molecule is CNC(=O)c1c(-c2ccc(F)cc2)oc2cc(CS(=O)(=O)NCCOCCOCc3ccc(C(=O)O)c(N)c3)c(C3CC3)cc12. The van der Waals surface area contributed by atoms with E-state index in [-0.39, 0.29) is 67.6 Å². The zero-order valence-electron chi connectivity index (χ0n) is 24.6. The van der Waals surface area contributed by atoms with Crippen LogP contribution in [0.4, 0.5) is 10.1 Å². The number of anilines is 1. The molecule has 1 fully saturated rings. The number of nitrogens with two attached hydrogens (primary N) is 1. The number of carbonyl (C=O) groups excluding carboxylic acids is 1. The number of nitrogen functional groups attached to an aromatic ring is 1. The van der Waals surface area contributed by atoms with Gasteiger partial charge in [0.25, 0.3) is 5.91 Å². The summed E-state index contributed by atoms with van der Waals surface area (Å²) in [7, 11) is -2.22. The van der Waals surface area contributed by atoms with Crippen molar-refractivity contribution in [2.45, 2.75) is 31.1 Å². The highest BCUT2D eigenvalue weighted by atomic mass is 32.2. The maximum atomic E-state index is 13.6. The van der Waals surface area contributed by atoms with Crippen molar-refractivity contribution in [2.75, 3.05) is 39.1 Å². The van der Waals surface area contributed by atoms with Gasteiger partial charge in [-0.05, 0) is 84.0 Å². The molecule has 0 atom stereocenters. The highest BCUT2D eigenvalue weighted by molar-refractivity contribution is 7.88. The standard InChI is InChI=1S/C32H34FN3O8S/c1-35-31(37)29-26-16-25(20-3-4-20)22(15-28(26)44-30(29)21-5-7-23(33)8-6-21)18-45(40,41)36-10-11-42-12-13-43-17-19-2-9-24(32(38)39)27(34)14-19/h2,5-9,14-16,20,36H,3-4,10-13,17-18,34H2,1H3,(H,35,37)(H,38,39). The van der Waals surface area contributed by atoms with Crippen LogP contribution in [0.3, 0.4) is 0 Å². The molecule has 1 saturated carbocycles. The number of hydrogen-bond donors (Lipinski definition) is 4. The third-order valence-electron chi connectivity index (χ3n) is 7.43. The van der Waals surface area contributed by atoms with Gasteiger partial charge in [0.05, 0.1) is 43.3 Å². The van der Waals surface area contributed by atoms with E-state index in [1.165, 1.54) is 37.4 Å². The number of rotatable bonds is 15. The Kier molecular flexibility index (Phi) is 9.83. The number of amides is 1. The summed E-state index contributed by atoms with van der Waals surface area (Å²) in [4.78, 5) is 24.0. The van der Waals surface area contributed by atoms with Crippen LogP contribution in [0, 0.1) is 5.82 Å². The topological polar surface area (TPSA) is 170 Å². The number of fused-ring (bicyclic) bond motifs is 1. The maximum Gasteiger partial charge on any atom is 0.337 e. The molecular formula is C32H34FN3O8S.